The van der Waals surface area contributed by atoms with Crippen molar-refractivity contribution < 1.29 is 4.74 Å². The average Bonchev–Trinajstić information content (AvgIpc) is 2.30. The molecule has 88 valence electrons. The van der Waals surface area contributed by atoms with Gasteiger partial charge in [-0.15, -0.1) is 0 Å². The molecule has 0 aliphatic carbocycles. The van der Waals surface area contributed by atoms with E-state index in [1.54, 1.807) is 19.1 Å². The van der Waals surface area contributed by atoms with Crippen LogP contribution in [0.15, 0.2) is 29.0 Å². The summed E-state index contributed by atoms with van der Waals surface area (Å²) in [5.41, 5.74) is 0.671. The maximum Gasteiger partial charge on any atom is 0.226 e. The summed E-state index contributed by atoms with van der Waals surface area (Å²) in [5, 5.41) is 0.864. The predicted octanol–water partition coefficient (Wildman–Crippen LogP) is 4.65. The van der Waals surface area contributed by atoms with Gasteiger partial charge in [0.1, 0.15) is 17.2 Å². The molecular weight excluding hydrogens is 327 g/mol. The Morgan fingerprint density at radius 2 is 2.00 bits per heavy atom. The zero-order valence-corrected chi connectivity index (χ0v) is 11.8. The number of ether oxygens (including phenoxy) is 1. The Hall–Kier alpha value is -0.840. The van der Waals surface area contributed by atoms with Crippen molar-refractivity contribution in [3.05, 3.63) is 44.7 Å². The molecule has 17 heavy (non-hydrogen) atoms. The fourth-order valence-corrected chi connectivity index (χ4v) is 1.80. The maximum atomic E-state index is 6.02. The molecule has 0 saturated heterocycles. The molecule has 0 radical (unpaired) electrons. The van der Waals surface area contributed by atoms with E-state index in [0.717, 1.165) is 4.47 Å². The average molecular weight is 334 g/mol. The first-order valence-electron chi connectivity index (χ1n) is 4.68. The monoisotopic (exact) mass is 332 g/mol. The van der Waals surface area contributed by atoms with Gasteiger partial charge in [0, 0.05) is 10.0 Å². The van der Waals surface area contributed by atoms with Crippen LogP contribution in [0.1, 0.15) is 5.56 Å². The molecule has 2 aromatic rings. The Bertz CT molecular complexity index is 563. The number of aromatic nitrogens is 2. The Kier molecular flexibility index (Phi) is 3.86. The van der Waals surface area contributed by atoms with Crippen LogP contribution in [0.5, 0.6) is 11.6 Å². The third-order valence-electron chi connectivity index (χ3n) is 2.08. The second-order valence-corrected chi connectivity index (χ2v) is 4.95. The summed E-state index contributed by atoms with van der Waals surface area (Å²) in [6, 6.07) is 5.33. The predicted molar refractivity (Wildman–Crippen MR) is 71.0 cm³/mol. The molecule has 1 aromatic heterocycles. The Balaban J connectivity index is 2.38. The van der Waals surface area contributed by atoms with E-state index in [9.17, 15) is 0 Å². The molecule has 6 heteroatoms. The van der Waals surface area contributed by atoms with Crippen molar-refractivity contribution in [1.29, 1.82) is 0 Å². The van der Waals surface area contributed by atoms with Crippen LogP contribution in [-0.2, 0) is 0 Å². The summed E-state index contributed by atoms with van der Waals surface area (Å²) in [7, 11) is 0. The lowest BCUT2D eigenvalue weighted by molar-refractivity contribution is 0.457. The first-order chi connectivity index (χ1) is 8.08. The van der Waals surface area contributed by atoms with Crippen molar-refractivity contribution >= 4 is 39.1 Å². The van der Waals surface area contributed by atoms with E-state index in [4.69, 9.17) is 27.9 Å². The van der Waals surface area contributed by atoms with E-state index in [0.29, 0.717) is 27.4 Å². The van der Waals surface area contributed by atoms with E-state index in [1.165, 1.54) is 6.33 Å². The SMILES string of the molecule is Cc1c(Cl)ncnc1Oc1cc(Br)ccc1Cl. The lowest BCUT2D eigenvalue weighted by Gasteiger charge is -2.09. The highest BCUT2D eigenvalue weighted by Crippen LogP contribution is 2.33. The molecule has 0 atom stereocenters. The van der Waals surface area contributed by atoms with Gasteiger partial charge in [0.15, 0.2) is 0 Å². The highest BCUT2D eigenvalue weighted by Gasteiger charge is 2.10. The van der Waals surface area contributed by atoms with Crippen molar-refractivity contribution in [1.82, 2.24) is 9.97 Å². The largest absolute Gasteiger partial charge is 0.437 e. The molecule has 0 unspecified atom stereocenters. The number of hydrogen-bond donors (Lipinski definition) is 0. The molecule has 1 heterocycles. The zero-order valence-electron chi connectivity index (χ0n) is 8.75. The van der Waals surface area contributed by atoms with Gasteiger partial charge in [-0.05, 0) is 25.1 Å². The van der Waals surface area contributed by atoms with Gasteiger partial charge >= 0.3 is 0 Å². The molecule has 0 bridgehead atoms. The second kappa shape index (κ2) is 5.21. The van der Waals surface area contributed by atoms with Crippen LogP contribution in [0.2, 0.25) is 10.2 Å². The Labute approximate surface area is 117 Å². The van der Waals surface area contributed by atoms with Crippen LogP contribution in [0.4, 0.5) is 0 Å². The minimum atomic E-state index is 0.362. The number of benzene rings is 1. The second-order valence-electron chi connectivity index (χ2n) is 3.27. The first kappa shape index (κ1) is 12.6. The topological polar surface area (TPSA) is 35.0 Å². The quantitative estimate of drug-likeness (QED) is 0.750. The highest BCUT2D eigenvalue weighted by molar-refractivity contribution is 9.10. The standard InChI is InChI=1S/C11H7BrCl2N2O/c1-6-10(14)15-5-16-11(6)17-9-4-7(12)2-3-8(9)13/h2-5H,1H3. The fourth-order valence-electron chi connectivity index (χ4n) is 1.18. The molecule has 1 aromatic carbocycles. The van der Waals surface area contributed by atoms with E-state index in [-0.39, 0.29) is 0 Å². The van der Waals surface area contributed by atoms with Gasteiger partial charge in [0.2, 0.25) is 5.88 Å². The molecule has 0 fully saturated rings. The molecule has 2 rings (SSSR count). The molecule has 0 aliphatic heterocycles. The van der Waals surface area contributed by atoms with Crippen LogP contribution in [-0.4, -0.2) is 9.97 Å². The van der Waals surface area contributed by atoms with Gasteiger partial charge in [0.05, 0.1) is 5.02 Å². The van der Waals surface area contributed by atoms with Gasteiger partial charge in [-0.2, -0.15) is 0 Å². The lowest BCUT2D eigenvalue weighted by Crippen LogP contribution is -1.94. The molecule has 3 nitrogen and oxygen atoms in total. The number of rotatable bonds is 2. The maximum absolute atomic E-state index is 6.02. The molecule has 0 N–H and O–H groups in total. The number of halogens is 3. The Morgan fingerprint density at radius 3 is 2.76 bits per heavy atom. The third-order valence-corrected chi connectivity index (χ3v) is 3.26. The third kappa shape index (κ3) is 2.89. The van der Waals surface area contributed by atoms with Gasteiger partial charge < -0.3 is 4.74 Å². The summed E-state index contributed by atoms with van der Waals surface area (Å²) in [5.74, 6) is 0.906. The smallest absolute Gasteiger partial charge is 0.226 e. The summed E-state index contributed by atoms with van der Waals surface area (Å²) >= 11 is 15.2. The van der Waals surface area contributed by atoms with Gasteiger partial charge in [-0.1, -0.05) is 39.1 Å². The van der Waals surface area contributed by atoms with Crippen LogP contribution >= 0.6 is 39.1 Å². The molecule has 0 spiro atoms. The minimum Gasteiger partial charge on any atom is -0.437 e. The van der Waals surface area contributed by atoms with Gasteiger partial charge in [-0.25, -0.2) is 9.97 Å². The van der Waals surface area contributed by atoms with Gasteiger partial charge in [-0.3, -0.25) is 0 Å². The fraction of sp³-hybridized carbons (Fsp3) is 0.0909. The van der Waals surface area contributed by atoms with E-state index in [1.807, 2.05) is 6.07 Å². The van der Waals surface area contributed by atoms with Crippen molar-refractivity contribution in [2.45, 2.75) is 6.92 Å². The lowest BCUT2D eigenvalue weighted by atomic mass is 10.3. The summed E-state index contributed by atoms with van der Waals surface area (Å²) in [6.07, 6.45) is 1.34. The molecule has 0 saturated carbocycles. The number of hydrogen-bond acceptors (Lipinski definition) is 3. The minimum absolute atomic E-state index is 0.362. The molecule has 0 amide bonds. The van der Waals surface area contributed by atoms with E-state index >= 15 is 0 Å². The van der Waals surface area contributed by atoms with Crippen molar-refractivity contribution in [2.75, 3.05) is 0 Å². The van der Waals surface area contributed by atoms with Crippen LogP contribution in [0.3, 0.4) is 0 Å². The summed E-state index contributed by atoms with van der Waals surface area (Å²) in [4.78, 5) is 7.87. The normalized spacial score (nSPS) is 10.4. The van der Waals surface area contributed by atoms with Crippen LogP contribution < -0.4 is 4.74 Å². The summed E-state index contributed by atoms with van der Waals surface area (Å²) < 4.78 is 6.47. The van der Waals surface area contributed by atoms with Gasteiger partial charge in [0.25, 0.3) is 0 Å². The first-order valence-corrected chi connectivity index (χ1v) is 6.23. The van der Waals surface area contributed by atoms with Crippen LogP contribution in [0.25, 0.3) is 0 Å². The summed E-state index contributed by atoms with van der Waals surface area (Å²) in [6.45, 7) is 1.78. The van der Waals surface area contributed by atoms with E-state index < -0.39 is 0 Å². The van der Waals surface area contributed by atoms with Crippen LogP contribution in [0, 0.1) is 6.92 Å². The Morgan fingerprint density at radius 1 is 1.24 bits per heavy atom. The molecule has 0 aliphatic rings. The zero-order chi connectivity index (χ0) is 12.4. The van der Waals surface area contributed by atoms with Crippen molar-refractivity contribution in [3.8, 4) is 11.6 Å². The van der Waals surface area contributed by atoms with Crippen molar-refractivity contribution in [3.63, 3.8) is 0 Å². The molecular formula is C11H7BrCl2N2O. The van der Waals surface area contributed by atoms with E-state index in [2.05, 4.69) is 25.9 Å². The van der Waals surface area contributed by atoms with Crippen molar-refractivity contribution in [2.24, 2.45) is 0 Å². The number of nitrogens with zero attached hydrogens (tertiary/aromatic N) is 2. The highest BCUT2D eigenvalue weighted by atomic mass is 79.9.